The van der Waals surface area contributed by atoms with Crippen molar-refractivity contribution in [3.05, 3.63) is 90.4 Å². The van der Waals surface area contributed by atoms with Crippen LogP contribution in [0.3, 0.4) is 0 Å². The van der Waals surface area contributed by atoms with E-state index in [1.165, 1.54) is 6.07 Å². The van der Waals surface area contributed by atoms with Crippen molar-refractivity contribution in [3.8, 4) is 11.3 Å². The molecule has 172 valence electrons. The van der Waals surface area contributed by atoms with Gasteiger partial charge in [-0.15, -0.1) is 5.10 Å². The van der Waals surface area contributed by atoms with Crippen molar-refractivity contribution in [1.82, 2.24) is 14.6 Å². The van der Waals surface area contributed by atoms with Gasteiger partial charge in [0, 0.05) is 30.9 Å². The molecule has 3 heterocycles. The number of carbonyl (C=O) groups excluding carboxylic acids is 1. The van der Waals surface area contributed by atoms with E-state index in [1.54, 1.807) is 12.1 Å². The molecule has 0 N–H and O–H groups in total. The topological polar surface area (TPSA) is 53.7 Å². The maximum atomic E-state index is 13.6. The first kappa shape index (κ1) is 21.8. The van der Waals surface area contributed by atoms with Crippen LogP contribution in [0.25, 0.3) is 16.9 Å². The van der Waals surface area contributed by atoms with Gasteiger partial charge in [-0.05, 0) is 55.3 Å². The fourth-order valence-corrected chi connectivity index (χ4v) is 4.50. The molecule has 6 nitrogen and oxygen atoms in total. The molecule has 1 unspecified atom stereocenters. The van der Waals surface area contributed by atoms with Crippen LogP contribution in [0, 0.1) is 5.82 Å². The molecule has 0 radical (unpaired) electrons. The molecule has 1 aliphatic heterocycles. The second-order valence-electron chi connectivity index (χ2n) is 8.58. The number of rotatable bonds is 7. The summed E-state index contributed by atoms with van der Waals surface area (Å²) in [5.41, 5.74) is 5.57. The average Bonchev–Trinajstić information content (AvgIpc) is 3.45. The van der Waals surface area contributed by atoms with Gasteiger partial charge in [0.2, 0.25) is 0 Å². The number of benzene rings is 2. The zero-order valence-electron chi connectivity index (χ0n) is 19.1. The molecule has 0 spiro atoms. The predicted octanol–water partition coefficient (Wildman–Crippen LogP) is 4.90. The molecule has 1 atom stereocenters. The lowest BCUT2D eigenvalue weighted by Crippen LogP contribution is -2.30. The van der Waals surface area contributed by atoms with Gasteiger partial charge in [-0.2, -0.15) is 0 Å². The van der Waals surface area contributed by atoms with E-state index in [9.17, 15) is 9.18 Å². The minimum Gasteiger partial charge on any atom is -0.357 e. The highest BCUT2D eigenvalue weighted by Gasteiger charge is 2.26. The number of imidazole rings is 1. The van der Waals surface area contributed by atoms with Crippen LogP contribution < -0.4 is 9.80 Å². The Kier molecular flexibility index (Phi) is 5.84. The van der Waals surface area contributed by atoms with Crippen molar-refractivity contribution >= 4 is 23.4 Å². The van der Waals surface area contributed by atoms with E-state index in [0.717, 1.165) is 52.4 Å². The van der Waals surface area contributed by atoms with Crippen LogP contribution in [0.1, 0.15) is 18.9 Å². The lowest BCUT2D eigenvalue weighted by Gasteiger charge is -2.23. The summed E-state index contributed by atoms with van der Waals surface area (Å²) in [4.78, 5) is 20.1. The van der Waals surface area contributed by atoms with Gasteiger partial charge in [-0.1, -0.05) is 36.4 Å². The molecular weight excluding hydrogens is 429 g/mol. The first-order chi connectivity index (χ1) is 16.6. The number of aromatic nitrogens is 3. The lowest BCUT2D eigenvalue weighted by atomic mass is 10.1. The number of halogens is 1. The molecule has 7 heteroatoms. The molecule has 0 amide bonds. The molecule has 1 saturated heterocycles. The Morgan fingerprint density at radius 2 is 2.00 bits per heavy atom. The number of fused-ring (bicyclic) bond motifs is 1. The van der Waals surface area contributed by atoms with Gasteiger partial charge in [0.25, 0.3) is 0 Å². The third kappa shape index (κ3) is 4.17. The number of carbonyl (C=O) groups is 1. The van der Waals surface area contributed by atoms with E-state index in [-0.39, 0.29) is 11.9 Å². The van der Waals surface area contributed by atoms with Gasteiger partial charge in [0.15, 0.2) is 5.65 Å². The standard InChI is InChI=1S/C27H26FN5O/c1-3-31(17-20-5-4-6-22(28)14-20)27-12-11-26-29-15-25(33(26)30-27)21-7-9-23(10-8-21)32-16-19(2)13-24(32)18-34/h4-12,14-15,18,24H,2-3,13,16-17H2,1H3. The summed E-state index contributed by atoms with van der Waals surface area (Å²) < 4.78 is 15.5. The lowest BCUT2D eigenvalue weighted by molar-refractivity contribution is -0.108. The summed E-state index contributed by atoms with van der Waals surface area (Å²) >= 11 is 0. The SMILES string of the molecule is C=C1CC(C=O)N(c2ccc(-c3cnc4ccc(N(CC)Cc5cccc(F)c5)nn34)cc2)C1. The van der Waals surface area contributed by atoms with E-state index in [4.69, 9.17) is 5.10 Å². The molecule has 2 aromatic carbocycles. The highest BCUT2D eigenvalue weighted by atomic mass is 19.1. The monoisotopic (exact) mass is 455 g/mol. The quantitative estimate of drug-likeness (QED) is 0.293. The predicted molar refractivity (Wildman–Crippen MR) is 133 cm³/mol. The summed E-state index contributed by atoms with van der Waals surface area (Å²) in [6.07, 6.45) is 3.51. The van der Waals surface area contributed by atoms with Gasteiger partial charge in [0.1, 0.15) is 17.9 Å². The summed E-state index contributed by atoms with van der Waals surface area (Å²) in [6.45, 7) is 8.08. The molecule has 2 aromatic heterocycles. The van der Waals surface area contributed by atoms with Crippen LogP contribution >= 0.6 is 0 Å². The van der Waals surface area contributed by atoms with Crippen molar-refractivity contribution in [1.29, 1.82) is 0 Å². The first-order valence-corrected chi connectivity index (χ1v) is 11.4. The van der Waals surface area contributed by atoms with Crippen molar-refractivity contribution in [2.24, 2.45) is 0 Å². The minimum absolute atomic E-state index is 0.156. The third-order valence-corrected chi connectivity index (χ3v) is 6.26. The van der Waals surface area contributed by atoms with Crippen LogP contribution in [0.15, 0.2) is 79.0 Å². The Morgan fingerprint density at radius 3 is 2.74 bits per heavy atom. The van der Waals surface area contributed by atoms with E-state index in [2.05, 4.69) is 28.3 Å². The van der Waals surface area contributed by atoms with Crippen molar-refractivity contribution < 1.29 is 9.18 Å². The molecular formula is C27H26FN5O. The number of hydrogen-bond donors (Lipinski definition) is 0. The van der Waals surface area contributed by atoms with E-state index in [0.29, 0.717) is 19.5 Å². The summed E-state index contributed by atoms with van der Waals surface area (Å²) in [5, 5.41) is 4.85. The fourth-order valence-electron chi connectivity index (χ4n) is 4.50. The number of hydrogen-bond acceptors (Lipinski definition) is 5. The third-order valence-electron chi connectivity index (χ3n) is 6.26. The summed E-state index contributed by atoms with van der Waals surface area (Å²) in [7, 11) is 0. The van der Waals surface area contributed by atoms with Crippen LogP contribution in [0.2, 0.25) is 0 Å². The smallest absolute Gasteiger partial charge is 0.154 e. The van der Waals surface area contributed by atoms with Crippen LogP contribution in [0.5, 0.6) is 0 Å². The van der Waals surface area contributed by atoms with E-state index in [1.807, 2.05) is 53.2 Å². The first-order valence-electron chi connectivity index (χ1n) is 11.4. The molecule has 0 bridgehead atoms. The van der Waals surface area contributed by atoms with Crippen molar-refractivity contribution in [3.63, 3.8) is 0 Å². The Labute approximate surface area is 198 Å². The maximum absolute atomic E-state index is 13.6. The molecule has 1 aliphatic rings. The minimum atomic E-state index is -0.241. The van der Waals surface area contributed by atoms with Crippen molar-refractivity contribution in [2.75, 3.05) is 22.9 Å². The molecule has 5 rings (SSSR count). The second kappa shape index (κ2) is 9.09. The normalized spacial score (nSPS) is 15.8. The molecule has 4 aromatic rings. The average molecular weight is 456 g/mol. The molecule has 0 saturated carbocycles. The number of anilines is 2. The number of aldehydes is 1. The Bertz CT molecular complexity index is 1350. The summed E-state index contributed by atoms with van der Waals surface area (Å²) in [5.74, 6) is 0.551. The van der Waals surface area contributed by atoms with E-state index >= 15 is 0 Å². The van der Waals surface area contributed by atoms with E-state index < -0.39 is 0 Å². The summed E-state index contributed by atoms with van der Waals surface area (Å²) in [6, 6.07) is 18.5. The van der Waals surface area contributed by atoms with Crippen molar-refractivity contribution in [2.45, 2.75) is 25.9 Å². The Hall–Kier alpha value is -4.00. The number of nitrogens with zero attached hydrogens (tertiary/aromatic N) is 5. The van der Waals surface area contributed by atoms with Gasteiger partial charge >= 0.3 is 0 Å². The molecule has 34 heavy (non-hydrogen) atoms. The Balaban J connectivity index is 1.44. The van der Waals surface area contributed by atoms with Crippen LogP contribution in [-0.2, 0) is 11.3 Å². The van der Waals surface area contributed by atoms with Gasteiger partial charge < -0.3 is 14.6 Å². The van der Waals surface area contributed by atoms with Crippen LogP contribution in [-0.4, -0.2) is 40.0 Å². The fraction of sp³-hybridized carbons (Fsp3) is 0.222. The highest BCUT2D eigenvalue weighted by molar-refractivity contribution is 5.72. The Morgan fingerprint density at radius 1 is 1.18 bits per heavy atom. The zero-order chi connectivity index (χ0) is 23.7. The van der Waals surface area contributed by atoms with Crippen LogP contribution in [0.4, 0.5) is 15.9 Å². The highest BCUT2D eigenvalue weighted by Crippen LogP contribution is 2.30. The maximum Gasteiger partial charge on any atom is 0.154 e. The zero-order valence-corrected chi connectivity index (χ0v) is 19.1. The molecule has 1 fully saturated rings. The van der Waals surface area contributed by atoms with Gasteiger partial charge in [-0.3, -0.25) is 0 Å². The largest absolute Gasteiger partial charge is 0.357 e. The van der Waals surface area contributed by atoms with Gasteiger partial charge in [-0.25, -0.2) is 13.9 Å². The van der Waals surface area contributed by atoms with Gasteiger partial charge in [0.05, 0.1) is 17.9 Å². The molecule has 0 aliphatic carbocycles. The second-order valence-corrected chi connectivity index (χ2v) is 8.58.